The van der Waals surface area contributed by atoms with Gasteiger partial charge in [0.1, 0.15) is 5.82 Å². The second-order valence-corrected chi connectivity index (χ2v) is 5.63. The fraction of sp³-hybridized carbons (Fsp3) is 0.235. The number of ketones is 1. The molecule has 1 N–H and O–H groups in total. The largest absolute Gasteiger partial charge is 0.312 e. The topological polar surface area (TPSA) is 29.1 Å². The summed E-state index contributed by atoms with van der Waals surface area (Å²) in [5.41, 5.74) is 3.83. The summed E-state index contributed by atoms with van der Waals surface area (Å²) in [6.07, 6.45) is 1.10. The molecule has 0 saturated carbocycles. The normalized spacial score (nSPS) is 13.8. The molecule has 3 rings (SSSR count). The molecule has 0 unspecified atom stereocenters. The summed E-state index contributed by atoms with van der Waals surface area (Å²) in [5, 5.41) is 3.36. The number of fused-ring (bicyclic) bond motifs is 1. The van der Waals surface area contributed by atoms with Gasteiger partial charge in [0, 0.05) is 18.5 Å². The Morgan fingerprint density at radius 1 is 1.29 bits per heavy atom. The lowest BCUT2D eigenvalue weighted by Gasteiger charge is -2.19. The molecule has 0 aliphatic carbocycles. The summed E-state index contributed by atoms with van der Waals surface area (Å²) < 4.78 is 13.2. The van der Waals surface area contributed by atoms with Crippen LogP contribution in [0, 0.1) is 5.82 Å². The van der Waals surface area contributed by atoms with Crippen LogP contribution in [0.5, 0.6) is 0 Å². The van der Waals surface area contributed by atoms with Crippen LogP contribution < -0.4 is 5.32 Å². The molecule has 1 aliphatic rings. The van der Waals surface area contributed by atoms with Crippen LogP contribution in [-0.4, -0.2) is 12.3 Å². The highest BCUT2D eigenvalue weighted by Crippen LogP contribution is 2.22. The molecular weight excluding hydrogens is 289 g/mol. The van der Waals surface area contributed by atoms with E-state index >= 15 is 0 Å². The van der Waals surface area contributed by atoms with E-state index in [2.05, 4.69) is 5.32 Å². The van der Waals surface area contributed by atoms with Gasteiger partial charge >= 0.3 is 0 Å². The molecule has 2 nitrogen and oxygen atoms in total. The van der Waals surface area contributed by atoms with Crippen LogP contribution in [0.2, 0.25) is 5.02 Å². The van der Waals surface area contributed by atoms with Crippen molar-refractivity contribution in [3.8, 4) is 0 Å². The van der Waals surface area contributed by atoms with Crippen molar-refractivity contribution in [3.63, 3.8) is 0 Å². The number of Topliss-reactive ketones (excluding diaryl/α,β-unsaturated/α-hetero) is 1. The number of hydrogen-bond acceptors (Lipinski definition) is 2. The lowest BCUT2D eigenvalue weighted by molar-refractivity contribution is 0.0992. The van der Waals surface area contributed by atoms with E-state index in [1.54, 1.807) is 6.07 Å². The third-order valence-electron chi connectivity index (χ3n) is 3.79. The minimum Gasteiger partial charge on any atom is -0.312 e. The SMILES string of the molecule is O=C(Cc1ccc(F)c(Cl)c1)c1cccc2c1CCNC2. The predicted molar refractivity (Wildman–Crippen MR) is 81.3 cm³/mol. The second-order valence-electron chi connectivity index (χ2n) is 5.22. The Morgan fingerprint density at radius 2 is 2.14 bits per heavy atom. The van der Waals surface area contributed by atoms with E-state index in [1.165, 1.54) is 17.7 Å². The van der Waals surface area contributed by atoms with Crippen LogP contribution in [-0.2, 0) is 19.4 Å². The first kappa shape index (κ1) is 14.2. The van der Waals surface area contributed by atoms with Gasteiger partial charge in [0.2, 0.25) is 0 Å². The lowest BCUT2D eigenvalue weighted by Crippen LogP contribution is -2.25. The standard InChI is InChI=1S/C17H15ClFNO/c18-15-8-11(4-5-16(15)19)9-17(21)14-3-1-2-12-10-20-7-6-13(12)14/h1-5,8,20H,6-7,9-10H2. The van der Waals surface area contributed by atoms with Gasteiger partial charge in [0.05, 0.1) is 5.02 Å². The van der Waals surface area contributed by atoms with Crippen molar-refractivity contribution in [2.75, 3.05) is 6.54 Å². The van der Waals surface area contributed by atoms with Gasteiger partial charge < -0.3 is 5.32 Å². The molecular formula is C17H15ClFNO. The van der Waals surface area contributed by atoms with Crippen LogP contribution in [0.3, 0.4) is 0 Å². The highest BCUT2D eigenvalue weighted by molar-refractivity contribution is 6.30. The van der Waals surface area contributed by atoms with Crippen LogP contribution in [0.4, 0.5) is 4.39 Å². The molecule has 0 aromatic heterocycles. The van der Waals surface area contributed by atoms with E-state index in [9.17, 15) is 9.18 Å². The van der Waals surface area contributed by atoms with Gasteiger partial charge in [-0.3, -0.25) is 4.79 Å². The molecule has 2 aromatic carbocycles. The Balaban J connectivity index is 1.87. The first-order valence-corrected chi connectivity index (χ1v) is 7.31. The van der Waals surface area contributed by atoms with Crippen LogP contribution in [0.15, 0.2) is 36.4 Å². The first-order valence-electron chi connectivity index (χ1n) is 6.94. The minimum absolute atomic E-state index is 0.0522. The molecule has 4 heteroatoms. The number of nitrogens with one attached hydrogen (secondary N) is 1. The highest BCUT2D eigenvalue weighted by Gasteiger charge is 2.17. The van der Waals surface area contributed by atoms with Gasteiger partial charge in [-0.25, -0.2) is 4.39 Å². The summed E-state index contributed by atoms with van der Waals surface area (Å²) in [5.74, 6) is -0.410. The monoisotopic (exact) mass is 303 g/mol. The Labute approximate surface area is 127 Å². The average Bonchev–Trinajstić information content (AvgIpc) is 2.50. The molecule has 2 aromatic rings. The fourth-order valence-corrected chi connectivity index (χ4v) is 2.93. The number of benzene rings is 2. The maximum Gasteiger partial charge on any atom is 0.167 e. The van der Waals surface area contributed by atoms with Crippen molar-refractivity contribution < 1.29 is 9.18 Å². The quantitative estimate of drug-likeness (QED) is 0.879. The second kappa shape index (κ2) is 5.96. The molecule has 21 heavy (non-hydrogen) atoms. The van der Waals surface area contributed by atoms with Gasteiger partial charge in [0.25, 0.3) is 0 Å². The zero-order valence-corrected chi connectivity index (χ0v) is 12.2. The van der Waals surface area contributed by atoms with Gasteiger partial charge in [-0.05, 0) is 41.8 Å². The first-order chi connectivity index (χ1) is 10.1. The lowest BCUT2D eigenvalue weighted by atomic mass is 9.91. The third kappa shape index (κ3) is 2.99. The van der Waals surface area contributed by atoms with Crippen molar-refractivity contribution in [2.24, 2.45) is 0 Å². The summed E-state index contributed by atoms with van der Waals surface area (Å²) in [4.78, 5) is 12.5. The molecule has 108 valence electrons. The number of carbonyl (C=O) groups excluding carboxylic acids is 1. The van der Waals surface area contributed by atoms with E-state index in [4.69, 9.17) is 11.6 Å². The molecule has 0 radical (unpaired) electrons. The molecule has 0 amide bonds. The zero-order valence-electron chi connectivity index (χ0n) is 11.5. The number of hydrogen-bond donors (Lipinski definition) is 1. The van der Waals surface area contributed by atoms with Crippen LogP contribution in [0.1, 0.15) is 27.0 Å². The summed E-state index contributed by atoms with van der Waals surface area (Å²) in [6, 6.07) is 10.3. The summed E-state index contributed by atoms with van der Waals surface area (Å²) in [7, 11) is 0. The van der Waals surface area contributed by atoms with Crippen LogP contribution >= 0.6 is 11.6 Å². The van der Waals surface area contributed by atoms with Crippen molar-refractivity contribution in [3.05, 3.63) is 69.5 Å². The van der Waals surface area contributed by atoms with E-state index in [0.29, 0.717) is 0 Å². The van der Waals surface area contributed by atoms with E-state index in [1.807, 2.05) is 18.2 Å². The van der Waals surface area contributed by atoms with Gasteiger partial charge in [-0.2, -0.15) is 0 Å². The maximum atomic E-state index is 13.2. The number of carbonyl (C=O) groups is 1. The molecule has 0 saturated heterocycles. The summed E-state index contributed by atoms with van der Waals surface area (Å²) in [6.45, 7) is 1.69. The fourth-order valence-electron chi connectivity index (χ4n) is 2.72. The Bertz CT molecular complexity index is 699. The van der Waals surface area contributed by atoms with E-state index < -0.39 is 5.82 Å². The Hall–Kier alpha value is -1.71. The highest BCUT2D eigenvalue weighted by atomic mass is 35.5. The maximum absolute atomic E-state index is 13.2. The summed E-state index contributed by atoms with van der Waals surface area (Å²) >= 11 is 5.76. The van der Waals surface area contributed by atoms with Crippen molar-refractivity contribution in [2.45, 2.75) is 19.4 Å². The van der Waals surface area contributed by atoms with Crippen molar-refractivity contribution >= 4 is 17.4 Å². The van der Waals surface area contributed by atoms with Gasteiger partial charge in [-0.1, -0.05) is 35.9 Å². The molecule has 1 aliphatic heterocycles. The van der Waals surface area contributed by atoms with Crippen molar-refractivity contribution in [1.82, 2.24) is 5.32 Å². The average molecular weight is 304 g/mol. The number of rotatable bonds is 3. The molecule has 0 bridgehead atoms. The smallest absolute Gasteiger partial charge is 0.167 e. The van der Waals surface area contributed by atoms with Gasteiger partial charge in [0.15, 0.2) is 5.78 Å². The van der Waals surface area contributed by atoms with Crippen molar-refractivity contribution in [1.29, 1.82) is 0 Å². The molecule has 0 spiro atoms. The third-order valence-corrected chi connectivity index (χ3v) is 4.08. The predicted octanol–water partition coefficient (Wildman–Crippen LogP) is 3.55. The van der Waals surface area contributed by atoms with E-state index in [0.717, 1.165) is 36.2 Å². The van der Waals surface area contributed by atoms with Gasteiger partial charge in [-0.15, -0.1) is 0 Å². The zero-order chi connectivity index (χ0) is 14.8. The van der Waals surface area contributed by atoms with E-state index in [-0.39, 0.29) is 17.2 Å². The number of halogens is 2. The molecule has 0 fully saturated rings. The Morgan fingerprint density at radius 3 is 2.95 bits per heavy atom. The molecule has 0 atom stereocenters. The van der Waals surface area contributed by atoms with Crippen LogP contribution in [0.25, 0.3) is 0 Å². The molecule has 1 heterocycles. The Kier molecular flexibility index (Phi) is 4.04. The minimum atomic E-state index is -0.462.